The average Bonchev–Trinajstić information content (AvgIpc) is 2.47. The first-order valence-corrected chi connectivity index (χ1v) is 4.63. The first-order chi connectivity index (χ1) is 9.22. The van der Waals surface area contributed by atoms with E-state index in [9.17, 15) is 4.79 Å². The Kier molecular flexibility index (Phi) is 40.1. The first-order valence-electron chi connectivity index (χ1n) is 4.63. The van der Waals surface area contributed by atoms with Crippen molar-refractivity contribution in [2.75, 3.05) is 11.9 Å². The van der Waals surface area contributed by atoms with Gasteiger partial charge < -0.3 is 59.2 Å². The number of anilines is 1. The summed E-state index contributed by atoms with van der Waals surface area (Å²) in [6.45, 7) is 18.9. The SMILES string of the molecule is [C-]=O.[C-]=O.[C-]=O.[CH2-]COc1ccc(NC(C)=O)cc1.[CH3-].[Mo]. The number of rotatable bonds is 3. The molecule has 0 bridgehead atoms. The summed E-state index contributed by atoms with van der Waals surface area (Å²) >= 11 is 0. The zero-order chi connectivity index (χ0) is 15.7. The molecule has 0 saturated carbocycles. The van der Waals surface area contributed by atoms with Crippen LogP contribution in [0.1, 0.15) is 6.92 Å². The van der Waals surface area contributed by atoms with Gasteiger partial charge in [0.1, 0.15) is 5.75 Å². The molecule has 0 unspecified atom stereocenters. The summed E-state index contributed by atoms with van der Waals surface area (Å²) in [4.78, 5) is 33.2. The number of carbonyl (C=O) groups excluding carboxylic acids is 4. The van der Waals surface area contributed by atoms with Crippen molar-refractivity contribution in [2.24, 2.45) is 0 Å². The summed E-state index contributed by atoms with van der Waals surface area (Å²) in [5.41, 5.74) is 0.768. The van der Waals surface area contributed by atoms with Crippen LogP contribution in [0.2, 0.25) is 0 Å². The van der Waals surface area contributed by atoms with Crippen molar-refractivity contribution in [1.82, 2.24) is 0 Å². The van der Waals surface area contributed by atoms with Crippen LogP contribution >= 0.6 is 0 Å². The summed E-state index contributed by atoms with van der Waals surface area (Å²) in [5.74, 6) is 0.676. The minimum Gasteiger partial charge on any atom is -0.573 e. The Bertz CT molecular complexity index is 328. The summed E-state index contributed by atoms with van der Waals surface area (Å²) in [7, 11) is 0. The second-order valence-electron chi connectivity index (χ2n) is 2.55. The molecule has 7 heteroatoms. The Labute approximate surface area is 140 Å². The predicted molar refractivity (Wildman–Crippen MR) is 75.1 cm³/mol. The molecule has 0 aliphatic rings. The first kappa shape index (κ1) is 31.5. The molecule has 1 amide bonds. The van der Waals surface area contributed by atoms with E-state index in [1.807, 2.05) is 0 Å². The molecule has 0 spiro atoms. The standard InChI is InChI=1S/C10H12NO2.3CO.CH3.Mo/c1-3-13-10-6-4-9(5-7-10)11-8(2)12;3*1-2;;/h4-7H,1,3H2,2H3,(H,11,12);;;;1H3;/q5*-1;. The molecule has 0 heterocycles. The van der Waals surface area contributed by atoms with Gasteiger partial charge in [-0.05, 0) is 30.9 Å². The van der Waals surface area contributed by atoms with Gasteiger partial charge in [-0.3, -0.25) is 4.79 Å². The van der Waals surface area contributed by atoms with Crippen LogP contribution in [0.15, 0.2) is 24.3 Å². The van der Waals surface area contributed by atoms with Crippen LogP contribution in [0.25, 0.3) is 0 Å². The Hall–Kier alpha value is -1.81. The van der Waals surface area contributed by atoms with Crippen molar-refractivity contribution >= 4 is 32.0 Å². The second-order valence-corrected chi connectivity index (χ2v) is 2.55. The van der Waals surface area contributed by atoms with Gasteiger partial charge in [0.05, 0.1) is 0 Å². The van der Waals surface area contributed by atoms with Crippen LogP contribution in [0.4, 0.5) is 5.69 Å². The fourth-order valence-corrected chi connectivity index (χ4v) is 0.956. The molecule has 0 saturated heterocycles. The third kappa shape index (κ3) is 20.7. The third-order valence-corrected chi connectivity index (χ3v) is 1.44. The molecule has 1 aromatic carbocycles. The van der Waals surface area contributed by atoms with Gasteiger partial charge in [-0.2, -0.15) is 0 Å². The van der Waals surface area contributed by atoms with E-state index in [1.165, 1.54) is 6.92 Å². The largest absolute Gasteiger partial charge is 0.573 e. The molecule has 0 aliphatic carbocycles. The van der Waals surface area contributed by atoms with Crippen molar-refractivity contribution in [3.8, 4) is 5.75 Å². The summed E-state index contributed by atoms with van der Waals surface area (Å²) in [5, 5.41) is 2.66. The number of hydrogen-bond donors (Lipinski definition) is 1. The third-order valence-electron chi connectivity index (χ3n) is 1.44. The number of nitrogens with one attached hydrogen (secondary N) is 1. The number of carbonyl (C=O) groups is 1. The monoisotopic (exact) mass is 375 g/mol. The van der Waals surface area contributed by atoms with Crippen LogP contribution in [-0.4, -0.2) is 32.9 Å². The van der Waals surface area contributed by atoms with Gasteiger partial charge in [-0.1, -0.05) is 0 Å². The average molecular weight is 373 g/mol. The summed E-state index contributed by atoms with van der Waals surface area (Å²) in [6.07, 6.45) is 0. The van der Waals surface area contributed by atoms with Gasteiger partial charge in [0.15, 0.2) is 0 Å². The molecule has 0 aromatic heterocycles. The Morgan fingerprint density at radius 2 is 1.48 bits per heavy atom. The van der Waals surface area contributed by atoms with E-state index in [0.29, 0.717) is 6.61 Å². The fraction of sp³-hybridized carbons (Fsp3) is 0.143. The molecule has 117 valence electrons. The van der Waals surface area contributed by atoms with E-state index in [4.69, 9.17) is 19.1 Å². The molecule has 1 N–H and O–H groups in total. The van der Waals surface area contributed by atoms with E-state index in [-0.39, 0.29) is 34.4 Å². The van der Waals surface area contributed by atoms with Crippen LogP contribution in [0.3, 0.4) is 0 Å². The fourth-order valence-electron chi connectivity index (χ4n) is 0.956. The smallest absolute Gasteiger partial charge is 0.221 e. The number of hydrogen-bond acceptors (Lipinski definition) is 5. The maximum absolute atomic E-state index is 10.7. The number of ether oxygens (including phenoxy) is 1. The van der Waals surface area contributed by atoms with Gasteiger partial charge >= 0.3 is 0 Å². The maximum atomic E-state index is 10.7. The molecule has 1 aromatic rings. The molecule has 1 rings (SSSR count). The van der Waals surface area contributed by atoms with Crippen molar-refractivity contribution in [3.63, 3.8) is 0 Å². The van der Waals surface area contributed by atoms with Crippen LogP contribution in [-0.2, 0) is 40.2 Å². The van der Waals surface area contributed by atoms with Crippen molar-refractivity contribution in [1.29, 1.82) is 0 Å². The van der Waals surface area contributed by atoms with Gasteiger partial charge in [-0.25, -0.2) is 0 Å². The van der Waals surface area contributed by atoms with Crippen molar-refractivity contribution < 1.29 is 45.0 Å². The second kappa shape index (κ2) is 26.7. The van der Waals surface area contributed by atoms with E-state index in [0.717, 1.165) is 11.4 Å². The predicted octanol–water partition coefficient (Wildman–Crippen LogP) is 1.11. The number of amides is 1. The molecular formula is C14H15MoNO5-5. The Balaban J connectivity index is -0.0000000951. The minimum absolute atomic E-state index is 0. The van der Waals surface area contributed by atoms with E-state index >= 15 is 0 Å². The number of benzene rings is 1. The topological polar surface area (TPSA) is 89.5 Å². The Morgan fingerprint density at radius 1 is 1.10 bits per heavy atom. The molecule has 0 fully saturated rings. The minimum atomic E-state index is -0.0779. The van der Waals surface area contributed by atoms with Crippen molar-refractivity contribution in [3.05, 3.63) is 38.6 Å². The normalized spacial score (nSPS) is 6.38. The summed E-state index contributed by atoms with van der Waals surface area (Å²) in [6, 6.07) is 7.14. The van der Waals surface area contributed by atoms with Gasteiger partial charge in [0.25, 0.3) is 0 Å². The zero-order valence-corrected chi connectivity index (χ0v) is 13.7. The van der Waals surface area contributed by atoms with Crippen LogP contribution in [0, 0.1) is 14.4 Å². The van der Waals surface area contributed by atoms with Crippen molar-refractivity contribution in [2.45, 2.75) is 6.92 Å². The van der Waals surface area contributed by atoms with Crippen LogP contribution < -0.4 is 10.1 Å². The maximum Gasteiger partial charge on any atom is 0.221 e. The van der Waals surface area contributed by atoms with Gasteiger partial charge in [-0.15, -0.1) is 0 Å². The molecule has 21 heavy (non-hydrogen) atoms. The Morgan fingerprint density at radius 3 is 1.76 bits per heavy atom. The molecule has 6 nitrogen and oxygen atoms in total. The zero-order valence-electron chi connectivity index (χ0n) is 11.7. The van der Waals surface area contributed by atoms with Crippen LogP contribution in [0.5, 0.6) is 5.75 Å². The molecule has 3 radical (unpaired) electrons. The van der Waals surface area contributed by atoms with Gasteiger partial charge in [0.2, 0.25) is 5.91 Å². The molecule has 0 atom stereocenters. The molecule has 0 aliphatic heterocycles. The summed E-state index contributed by atoms with van der Waals surface area (Å²) < 4.78 is 5.14. The van der Waals surface area contributed by atoms with E-state index < -0.39 is 0 Å². The van der Waals surface area contributed by atoms with E-state index in [1.54, 1.807) is 24.3 Å². The molecular weight excluding hydrogens is 358 g/mol. The quantitative estimate of drug-likeness (QED) is 0.634. The van der Waals surface area contributed by atoms with E-state index in [2.05, 4.69) is 32.6 Å². The van der Waals surface area contributed by atoms with Gasteiger partial charge in [0, 0.05) is 33.7 Å².